The van der Waals surface area contributed by atoms with E-state index in [2.05, 4.69) is 64.2 Å². The number of hydrogen-bond acceptors (Lipinski definition) is 0. The van der Waals surface area contributed by atoms with Crippen LogP contribution in [0.15, 0.2) is 24.3 Å². The van der Waals surface area contributed by atoms with Crippen molar-refractivity contribution in [1.82, 2.24) is 0 Å². The molecule has 0 atom stereocenters. The number of nitrogens with two attached hydrogens (primary N) is 1. The quantitative estimate of drug-likeness (QED) is 0.653. The van der Waals surface area contributed by atoms with Crippen LogP contribution in [-0.2, 0) is 6.54 Å². The minimum absolute atomic E-state index is 0.642. The molecule has 0 heterocycles. The van der Waals surface area contributed by atoms with Gasteiger partial charge < -0.3 is 5.32 Å². The molecule has 0 saturated carbocycles. The van der Waals surface area contributed by atoms with Crippen LogP contribution >= 0.6 is 0 Å². The lowest BCUT2D eigenvalue weighted by atomic mass is 10.0. The summed E-state index contributed by atoms with van der Waals surface area (Å²) < 4.78 is 0. The highest BCUT2D eigenvalue weighted by atomic mass is 14.8. The molecule has 2 N–H and O–H groups in total. The first kappa shape index (κ1) is 19.2. The molecule has 0 amide bonds. The molecule has 0 aromatic heterocycles. The number of unbranched alkanes of at least 4 members (excludes halogenated alkanes) is 3. The maximum absolute atomic E-state index is 2.37. The Morgan fingerprint density at radius 3 is 1.80 bits per heavy atom. The van der Waals surface area contributed by atoms with E-state index in [1.165, 1.54) is 49.8 Å². The second-order valence-electron chi connectivity index (χ2n) is 5.88. The van der Waals surface area contributed by atoms with Gasteiger partial charge in [-0.05, 0) is 17.9 Å². The maximum Gasteiger partial charge on any atom is 0.101 e. The molecule has 0 fully saturated rings. The van der Waals surface area contributed by atoms with Gasteiger partial charge in [-0.25, -0.2) is 0 Å². The smallest absolute Gasteiger partial charge is 0.101 e. The van der Waals surface area contributed by atoms with Crippen LogP contribution in [0, 0.1) is 0 Å². The third kappa shape index (κ3) is 10.0. The van der Waals surface area contributed by atoms with E-state index in [1.54, 1.807) is 0 Å². The van der Waals surface area contributed by atoms with E-state index >= 15 is 0 Å². The average molecular weight is 279 g/mol. The molecule has 0 spiro atoms. The lowest BCUT2D eigenvalue weighted by molar-refractivity contribution is -0.670. The summed E-state index contributed by atoms with van der Waals surface area (Å²) in [6.45, 7) is 13.5. The zero-order valence-corrected chi connectivity index (χ0v) is 14.4. The van der Waals surface area contributed by atoms with Crippen LogP contribution in [0.4, 0.5) is 0 Å². The SMILES string of the molecule is CCCCCC.CCC[NH2+]Cc1ccc(C(C)C)cc1. The van der Waals surface area contributed by atoms with Gasteiger partial charge in [-0.1, -0.05) is 84.6 Å². The number of rotatable bonds is 8. The molecule has 0 radical (unpaired) electrons. The van der Waals surface area contributed by atoms with Crippen LogP contribution in [-0.4, -0.2) is 6.54 Å². The third-order valence-corrected chi connectivity index (χ3v) is 3.48. The van der Waals surface area contributed by atoms with Gasteiger partial charge in [-0.15, -0.1) is 0 Å². The van der Waals surface area contributed by atoms with Crippen molar-refractivity contribution in [3.8, 4) is 0 Å². The van der Waals surface area contributed by atoms with Gasteiger partial charge in [0.15, 0.2) is 0 Å². The summed E-state index contributed by atoms with van der Waals surface area (Å²) in [5.41, 5.74) is 2.87. The molecule has 0 aliphatic heterocycles. The fourth-order valence-electron chi connectivity index (χ4n) is 2.01. The van der Waals surface area contributed by atoms with E-state index in [1.807, 2.05) is 0 Å². The summed E-state index contributed by atoms with van der Waals surface area (Å²) in [4.78, 5) is 0. The molecule has 1 aromatic rings. The van der Waals surface area contributed by atoms with E-state index in [9.17, 15) is 0 Å². The molecule has 0 aliphatic rings. The van der Waals surface area contributed by atoms with Crippen LogP contribution in [0.3, 0.4) is 0 Å². The lowest BCUT2D eigenvalue weighted by Gasteiger charge is -2.06. The molecule has 0 unspecified atom stereocenters. The predicted molar refractivity (Wildman–Crippen MR) is 91.1 cm³/mol. The molecule has 0 aliphatic carbocycles. The Bertz CT molecular complexity index is 296. The summed E-state index contributed by atoms with van der Waals surface area (Å²) in [5, 5.41) is 2.37. The molecule has 1 heteroatoms. The minimum atomic E-state index is 0.642. The molecule has 20 heavy (non-hydrogen) atoms. The van der Waals surface area contributed by atoms with E-state index in [4.69, 9.17) is 0 Å². The molecule has 0 saturated heterocycles. The topological polar surface area (TPSA) is 16.6 Å². The average Bonchev–Trinajstić information content (AvgIpc) is 2.46. The van der Waals surface area contributed by atoms with Gasteiger partial charge in [0.1, 0.15) is 6.54 Å². The largest absolute Gasteiger partial charge is 0.343 e. The monoisotopic (exact) mass is 278 g/mol. The van der Waals surface area contributed by atoms with Gasteiger partial charge in [0.2, 0.25) is 0 Å². The maximum atomic E-state index is 2.37. The van der Waals surface area contributed by atoms with E-state index in [-0.39, 0.29) is 0 Å². The normalized spacial score (nSPS) is 10.3. The summed E-state index contributed by atoms with van der Waals surface area (Å²) in [6.07, 6.45) is 6.79. The van der Waals surface area contributed by atoms with Gasteiger partial charge in [-0.2, -0.15) is 0 Å². The van der Waals surface area contributed by atoms with Crippen molar-refractivity contribution in [1.29, 1.82) is 0 Å². The van der Waals surface area contributed by atoms with Crippen molar-refractivity contribution in [2.75, 3.05) is 6.54 Å². The summed E-state index contributed by atoms with van der Waals surface area (Å²) in [7, 11) is 0. The van der Waals surface area contributed by atoms with Gasteiger partial charge >= 0.3 is 0 Å². The standard InChI is InChI=1S/C13H21N.C6H14/c1-4-9-14-10-12-5-7-13(8-6-12)11(2)3;1-3-5-6-4-2/h5-8,11,14H,4,9-10H2,1-3H3;3-6H2,1-2H3/p+1. The fourth-order valence-corrected chi connectivity index (χ4v) is 2.01. The highest BCUT2D eigenvalue weighted by molar-refractivity contribution is 5.23. The molecule has 116 valence electrons. The van der Waals surface area contributed by atoms with E-state index in [0.717, 1.165) is 6.54 Å². The van der Waals surface area contributed by atoms with Gasteiger partial charge in [0.05, 0.1) is 6.54 Å². The zero-order valence-electron chi connectivity index (χ0n) is 14.4. The Kier molecular flexibility index (Phi) is 12.6. The van der Waals surface area contributed by atoms with Gasteiger partial charge in [0, 0.05) is 5.56 Å². The third-order valence-electron chi connectivity index (χ3n) is 3.48. The molecule has 1 rings (SSSR count). The molecular weight excluding hydrogens is 242 g/mol. The van der Waals surface area contributed by atoms with Crippen LogP contribution < -0.4 is 5.32 Å². The molecule has 1 aromatic carbocycles. The first-order valence-corrected chi connectivity index (χ1v) is 8.56. The zero-order chi connectivity index (χ0) is 15.2. The Hall–Kier alpha value is -0.820. The molecular formula is C19H36N+. The predicted octanol–water partition coefficient (Wildman–Crippen LogP) is 4.87. The Balaban J connectivity index is 0.000000511. The summed E-state index contributed by atoms with van der Waals surface area (Å²) in [6, 6.07) is 9.00. The summed E-state index contributed by atoms with van der Waals surface area (Å²) in [5.74, 6) is 0.642. The second kappa shape index (κ2) is 13.2. The Labute approximate surface area is 127 Å². The van der Waals surface area contributed by atoms with E-state index < -0.39 is 0 Å². The molecule has 0 bridgehead atoms. The van der Waals surface area contributed by atoms with Crippen molar-refractivity contribution >= 4 is 0 Å². The lowest BCUT2D eigenvalue weighted by Crippen LogP contribution is -2.82. The van der Waals surface area contributed by atoms with Crippen molar-refractivity contribution in [2.24, 2.45) is 0 Å². The van der Waals surface area contributed by atoms with Crippen molar-refractivity contribution < 1.29 is 5.32 Å². The highest BCUT2D eigenvalue weighted by Crippen LogP contribution is 2.14. The number of benzene rings is 1. The van der Waals surface area contributed by atoms with Crippen molar-refractivity contribution in [2.45, 2.75) is 79.2 Å². The van der Waals surface area contributed by atoms with Crippen LogP contribution in [0.25, 0.3) is 0 Å². The van der Waals surface area contributed by atoms with Crippen LogP contribution in [0.2, 0.25) is 0 Å². The van der Waals surface area contributed by atoms with Crippen molar-refractivity contribution in [3.05, 3.63) is 35.4 Å². The van der Waals surface area contributed by atoms with E-state index in [0.29, 0.717) is 5.92 Å². The second-order valence-corrected chi connectivity index (χ2v) is 5.88. The first-order chi connectivity index (χ1) is 9.65. The summed E-state index contributed by atoms with van der Waals surface area (Å²) >= 11 is 0. The Morgan fingerprint density at radius 1 is 0.850 bits per heavy atom. The number of quaternary nitrogens is 1. The molecule has 1 nitrogen and oxygen atoms in total. The Morgan fingerprint density at radius 2 is 1.40 bits per heavy atom. The van der Waals surface area contributed by atoms with Gasteiger partial charge in [0.25, 0.3) is 0 Å². The fraction of sp³-hybridized carbons (Fsp3) is 0.684. The highest BCUT2D eigenvalue weighted by Gasteiger charge is 1.99. The van der Waals surface area contributed by atoms with Crippen LogP contribution in [0.1, 0.15) is 83.8 Å². The van der Waals surface area contributed by atoms with Crippen molar-refractivity contribution in [3.63, 3.8) is 0 Å². The minimum Gasteiger partial charge on any atom is -0.343 e. The first-order valence-electron chi connectivity index (χ1n) is 8.56. The van der Waals surface area contributed by atoms with Crippen LogP contribution in [0.5, 0.6) is 0 Å². The van der Waals surface area contributed by atoms with Gasteiger partial charge in [-0.3, -0.25) is 0 Å². The number of hydrogen-bond donors (Lipinski definition) is 1.